The quantitative estimate of drug-likeness (QED) is 0.851. The predicted octanol–water partition coefficient (Wildman–Crippen LogP) is 1.35. The first kappa shape index (κ1) is 17.8. The van der Waals surface area contributed by atoms with Crippen LogP contribution in [0.1, 0.15) is 17.0 Å². The summed E-state index contributed by atoms with van der Waals surface area (Å²) < 4.78 is 72.0. The van der Waals surface area contributed by atoms with Crippen LogP contribution in [0.4, 0.5) is 13.2 Å². The van der Waals surface area contributed by atoms with Crippen molar-refractivity contribution in [3.63, 3.8) is 0 Å². The van der Waals surface area contributed by atoms with Crippen molar-refractivity contribution in [2.24, 2.45) is 0 Å². The molecule has 3 heterocycles. The number of hydrogen-bond acceptors (Lipinski definition) is 5. The van der Waals surface area contributed by atoms with Gasteiger partial charge in [0.25, 0.3) is 0 Å². The van der Waals surface area contributed by atoms with E-state index in [-0.39, 0.29) is 30.2 Å². The van der Waals surface area contributed by atoms with Crippen molar-refractivity contribution in [1.29, 1.82) is 0 Å². The Morgan fingerprint density at radius 3 is 2.84 bits per heavy atom. The van der Waals surface area contributed by atoms with Crippen LogP contribution < -0.4 is 4.72 Å². The molecule has 0 saturated carbocycles. The summed E-state index contributed by atoms with van der Waals surface area (Å²) in [7, 11) is -3.77. The van der Waals surface area contributed by atoms with E-state index >= 15 is 0 Å². The highest BCUT2D eigenvalue weighted by atomic mass is 32.2. The Labute approximate surface area is 141 Å². The highest BCUT2D eigenvalue weighted by molar-refractivity contribution is 7.89. The molecule has 1 aliphatic rings. The number of ether oxygens (including phenoxy) is 1. The summed E-state index contributed by atoms with van der Waals surface area (Å²) in [6.07, 6.45) is -1.65. The van der Waals surface area contributed by atoms with Gasteiger partial charge in [0.15, 0.2) is 5.69 Å². The third-order valence-electron chi connectivity index (χ3n) is 3.72. The summed E-state index contributed by atoms with van der Waals surface area (Å²) in [5.41, 5.74) is -0.523. The fourth-order valence-electron chi connectivity index (χ4n) is 2.60. The van der Waals surface area contributed by atoms with Gasteiger partial charge in [0, 0.05) is 36.6 Å². The summed E-state index contributed by atoms with van der Waals surface area (Å²) >= 11 is 0. The molecule has 0 bridgehead atoms. The fourth-order valence-corrected chi connectivity index (χ4v) is 3.58. The third-order valence-corrected chi connectivity index (χ3v) is 5.17. The first-order valence-electron chi connectivity index (χ1n) is 7.42. The first-order chi connectivity index (χ1) is 11.8. The zero-order valence-corrected chi connectivity index (χ0v) is 13.8. The molecule has 0 atom stereocenters. The van der Waals surface area contributed by atoms with E-state index in [9.17, 15) is 21.6 Å². The van der Waals surface area contributed by atoms with Crippen LogP contribution in [0.15, 0.2) is 29.4 Å². The van der Waals surface area contributed by atoms with Crippen LogP contribution in [0, 0.1) is 0 Å². The first-order valence-corrected chi connectivity index (χ1v) is 8.90. The smallest absolute Gasteiger partial charge is 0.376 e. The Hall–Kier alpha value is -1.98. The Kier molecular flexibility index (Phi) is 4.80. The molecule has 0 fully saturated rings. The van der Waals surface area contributed by atoms with Crippen LogP contribution in [0.2, 0.25) is 0 Å². The van der Waals surface area contributed by atoms with Crippen molar-refractivity contribution in [2.45, 2.75) is 30.6 Å². The van der Waals surface area contributed by atoms with E-state index in [2.05, 4.69) is 14.8 Å². The molecule has 25 heavy (non-hydrogen) atoms. The summed E-state index contributed by atoms with van der Waals surface area (Å²) in [5.74, 6) is 0. The van der Waals surface area contributed by atoms with Gasteiger partial charge in [0.2, 0.25) is 10.0 Å². The van der Waals surface area contributed by atoms with Gasteiger partial charge < -0.3 is 4.74 Å². The average molecular weight is 376 g/mol. The summed E-state index contributed by atoms with van der Waals surface area (Å²) in [6.45, 7) is 0.0460. The minimum absolute atomic E-state index is 0.0122. The Balaban J connectivity index is 1.75. The monoisotopic (exact) mass is 376 g/mol. The van der Waals surface area contributed by atoms with Gasteiger partial charge in [0.05, 0.1) is 19.8 Å². The van der Waals surface area contributed by atoms with Crippen molar-refractivity contribution in [1.82, 2.24) is 19.5 Å². The van der Waals surface area contributed by atoms with E-state index < -0.39 is 21.9 Å². The lowest BCUT2D eigenvalue weighted by atomic mass is 10.1. The number of hydrogen-bond donors (Lipinski definition) is 1. The lowest BCUT2D eigenvalue weighted by molar-refractivity contribution is -0.142. The van der Waals surface area contributed by atoms with E-state index in [1.165, 1.54) is 29.2 Å². The average Bonchev–Trinajstić information content (AvgIpc) is 2.95. The zero-order valence-electron chi connectivity index (χ0n) is 13.0. The van der Waals surface area contributed by atoms with Gasteiger partial charge in [-0.15, -0.1) is 0 Å². The van der Waals surface area contributed by atoms with Crippen LogP contribution in [-0.4, -0.2) is 36.3 Å². The van der Waals surface area contributed by atoms with E-state index in [1.54, 1.807) is 0 Å². The van der Waals surface area contributed by atoms with Crippen LogP contribution in [0.3, 0.4) is 0 Å². The minimum atomic E-state index is -4.58. The second-order valence-electron chi connectivity index (χ2n) is 5.38. The molecule has 136 valence electrons. The van der Waals surface area contributed by atoms with Crippen molar-refractivity contribution in [3.05, 3.63) is 41.5 Å². The number of rotatable bonds is 5. The van der Waals surface area contributed by atoms with Crippen molar-refractivity contribution < 1.29 is 26.3 Å². The molecule has 1 aliphatic heterocycles. The standard InChI is InChI=1S/C14H15F3N4O3S/c15-14(16,17)13-11-9-24-7-3-12(11)21(20-13)6-5-19-25(22,23)10-2-1-4-18-8-10/h1-2,4,8,19H,3,5-7,9H2. The normalized spacial score (nSPS) is 15.2. The fraction of sp³-hybridized carbons (Fsp3) is 0.429. The summed E-state index contributed by atoms with van der Waals surface area (Å²) in [4.78, 5) is 3.72. The van der Waals surface area contributed by atoms with Crippen molar-refractivity contribution >= 4 is 10.0 Å². The highest BCUT2D eigenvalue weighted by Gasteiger charge is 2.39. The van der Waals surface area contributed by atoms with Crippen LogP contribution in [0.25, 0.3) is 0 Å². The van der Waals surface area contributed by atoms with Crippen LogP contribution in [0.5, 0.6) is 0 Å². The molecular formula is C14H15F3N4O3S. The molecular weight excluding hydrogens is 361 g/mol. The number of nitrogens with one attached hydrogen (secondary N) is 1. The number of halogens is 3. The number of fused-ring (bicyclic) bond motifs is 1. The van der Waals surface area contributed by atoms with Crippen LogP contribution >= 0.6 is 0 Å². The maximum Gasteiger partial charge on any atom is 0.435 e. The molecule has 0 radical (unpaired) electrons. The molecule has 0 spiro atoms. The maximum atomic E-state index is 13.1. The molecule has 0 amide bonds. The van der Waals surface area contributed by atoms with E-state index in [0.717, 1.165) is 0 Å². The van der Waals surface area contributed by atoms with Crippen molar-refractivity contribution in [3.8, 4) is 0 Å². The van der Waals surface area contributed by atoms with Crippen molar-refractivity contribution in [2.75, 3.05) is 13.2 Å². The van der Waals surface area contributed by atoms with E-state index in [4.69, 9.17) is 4.74 Å². The lowest BCUT2D eigenvalue weighted by Crippen LogP contribution is -2.28. The van der Waals surface area contributed by atoms with Gasteiger partial charge in [-0.3, -0.25) is 9.67 Å². The van der Waals surface area contributed by atoms with Gasteiger partial charge in [-0.05, 0) is 12.1 Å². The molecule has 1 N–H and O–H groups in total. The Morgan fingerprint density at radius 2 is 2.16 bits per heavy atom. The highest BCUT2D eigenvalue weighted by Crippen LogP contribution is 2.34. The van der Waals surface area contributed by atoms with Crippen LogP contribution in [-0.2, 0) is 40.5 Å². The molecule has 11 heteroatoms. The molecule has 0 aromatic carbocycles. The predicted molar refractivity (Wildman–Crippen MR) is 80.0 cm³/mol. The second-order valence-corrected chi connectivity index (χ2v) is 7.15. The molecule has 2 aromatic rings. The molecule has 7 nitrogen and oxygen atoms in total. The van der Waals surface area contributed by atoms with Gasteiger partial charge >= 0.3 is 6.18 Å². The molecule has 0 unspecified atom stereocenters. The molecule has 2 aromatic heterocycles. The number of nitrogens with zero attached hydrogens (tertiary/aromatic N) is 3. The summed E-state index contributed by atoms with van der Waals surface area (Å²) in [5, 5.41) is 3.62. The zero-order chi connectivity index (χ0) is 18.1. The number of pyridine rings is 1. The van der Waals surface area contributed by atoms with Gasteiger partial charge in [-0.25, -0.2) is 13.1 Å². The topological polar surface area (TPSA) is 86.1 Å². The minimum Gasteiger partial charge on any atom is -0.376 e. The molecule has 0 aliphatic carbocycles. The van der Waals surface area contributed by atoms with E-state index in [0.29, 0.717) is 18.7 Å². The lowest BCUT2D eigenvalue weighted by Gasteiger charge is -2.15. The SMILES string of the molecule is O=S(=O)(NCCn1nc(C(F)(F)F)c2c1CCOC2)c1cccnc1. The second kappa shape index (κ2) is 6.73. The maximum absolute atomic E-state index is 13.1. The molecule has 3 rings (SSSR count). The third kappa shape index (κ3) is 3.83. The number of aromatic nitrogens is 3. The molecule has 0 saturated heterocycles. The number of sulfonamides is 1. The van der Waals surface area contributed by atoms with E-state index in [1.807, 2.05) is 0 Å². The van der Waals surface area contributed by atoms with Gasteiger partial charge in [0.1, 0.15) is 4.90 Å². The van der Waals surface area contributed by atoms with Gasteiger partial charge in [-0.1, -0.05) is 0 Å². The summed E-state index contributed by atoms with van der Waals surface area (Å²) in [6, 6.07) is 2.86. The Morgan fingerprint density at radius 1 is 1.36 bits per heavy atom. The number of alkyl halides is 3. The largest absolute Gasteiger partial charge is 0.435 e. The van der Waals surface area contributed by atoms with Gasteiger partial charge in [-0.2, -0.15) is 18.3 Å². The Bertz CT molecular complexity index is 850.